The van der Waals surface area contributed by atoms with Crippen molar-refractivity contribution in [3.8, 4) is 11.5 Å². The number of nitrogens with one attached hydrogen (secondary N) is 1. The zero-order valence-corrected chi connectivity index (χ0v) is 14.0. The lowest BCUT2D eigenvalue weighted by atomic mass is 10.1. The molecule has 0 saturated heterocycles. The first-order valence-corrected chi connectivity index (χ1v) is 8.09. The van der Waals surface area contributed by atoms with E-state index in [4.69, 9.17) is 15.2 Å². The maximum absolute atomic E-state index is 12.2. The summed E-state index contributed by atoms with van der Waals surface area (Å²) in [6, 6.07) is 10.7. The number of hydrogen-bond donors (Lipinski definition) is 2. The second-order valence-electron chi connectivity index (χ2n) is 5.88. The van der Waals surface area contributed by atoms with E-state index in [2.05, 4.69) is 5.32 Å². The van der Waals surface area contributed by atoms with Gasteiger partial charge in [-0.15, -0.1) is 0 Å². The van der Waals surface area contributed by atoms with Crippen LogP contribution in [0, 0.1) is 0 Å². The highest BCUT2D eigenvalue weighted by Gasteiger charge is 2.17. The molecule has 0 unspecified atom stereocenters. The van der Waals surface area contributed by atoms with Gasteiger partial charge in [0.15, 0.2) is 18.1 Å². The van der Waals surface area contributed by atoms with E-state index in [1.165, 1.54) is 24.3 Å². The summed E-state index contributed by atoms with van der Waals surface area (Å²) in [6.07, 6.45) is 3.29. The van der Waals surface area contributed by atoms with Gasteiger partial charge in [-0.25, -0.2) is 0 Å². The average Bonchev–Trinajstić information content (AvgIpc) is 3.07. The number of para-hydroxylation sites is 1. The third-order valence-electron chi connectivity index (χ3n) is 4.19. The SMILES string of the molecule is COc1cccc(C(N)=O)c1OCC(=O)Nc1ccc2c(c1)CCC2. The van der Waals surface area contributed by atoms with E-state index < -0.39 is 5.91 Å². The van der Waals surface area contributed by atoms with Crippen molar-refractivity contribution in [2.24, 2.45) is 5.73 Å². The quantitative estimate of drug-likeness (QED) is 0.844. The number of carbonyl (C=O) groups excluding carboxylic acids is 2. The number of carbonyl (C=O) groups is 2. The smallest absolute Gasteiger partial charge is 0.262 e. The lowest BCUT2D eigenvalue weighted by Crippen LogP contribution is -2.22. The van der Waals surface area contributed by atoms with Crippen LogP contribution in [0.3, 0.4) is 0 Å². The molecular formula is C19H20N2O4. The maximum atomic E-state index is 12.2. The summed E-state index contributed by atoms with van der Waals surface area (Å²) in [5.41, 5.74) is 8.88. The minimum atomic E-state index is -0.645. The predicted molar refractivity (Wildman–Crippen MR) is 94.1 cm³/mol. The Labute approximate surface area is 145 Å². The van der Waals surface area contributed by atoms with E-state index in [0.717, 1.165) is 24.9 Å². The molecular weight excluding hydrogens is 320 g/mol. The highest BCUT2D eigenvalue weighted by atomic mass is 16.5. The molecule has 0 radical (unpaired) electrons. The molecule has 0 aliphatic heterocycles. The van der Waals surface area contributed by atoms with Gasteiger partial charge in [0.05, 0.1) is 12.7 Å². The van der Waals surface area contributed by atoms with Gasteiger partial charge in [-0.1, -0.05) is 12.1 Å². The number of primary amides is 1. The van der Waals surface area contributed by atoms with Crippen molar-refractivity contribution in [1.82, 2.24) is 0 Å². The first-order valence-electron chi connectivity index (χ1n) is 8.09. The van der Waals surface area contributed by atoms with Crippen molar-refractivity contribution < 1.29 is 19.1 Å². The van der Waals surface area contributed by atoms with Crippen LogP contribution < -0.4 is 20.5 Å². The van der Waals surface area contributed by atoms with Crippen molar-refractivity contribution >= 4 is 17.5 Å². The molecule has 3 rings (SSSR count). The number of benzene rings is 2. The van der Waals surface area contributed by atoms with Gasteiger partial charge in [-0.05, 0) is 54.7 Å². The van der Waals surface area contributed by atoms with E-state index in [9.17, 15) is 9.59 Å². The summed E-state index contributed by atoms with van der Waals surface area (Å²) >= 11 is 0. The molecule has 2 aromatic rings. The Kier molecular flexibility index (Phi) is 4.88. The molecule has 2 aromatic carbocycles. The van der Waals surface area contributed by atoms with E-state index in [-0.39, 0.29) is 23.8 Å². The topological polar surface area (TPSA) is 90.7 Å². The summed E-state index contributed by atoms with van der Waals surface area (Å²) in [5, 5.41) is 2.81. The van der Waals surface area contributed by atoms with Crippen LogP contribution in [0.4, 0.5) is 5.69 Å². The lowest BCUT2D eigenvalue weighted by molar-refractivity contribution is -0.118. The monoisotopic (exact) mass is 340 g/mol. The van der Waals surface area contributed by atoms with Crippen LogP contribution in [0.5, 0.6) is 11.5 Å². The van der Waals surface area contributed by atoms with Crippen LogP contribution in [0.25, 0.3) is 0 Å². The zero-order valence-electron chi connectivity index (χ0n) is 14.0. The molecule has 0 saturated carbocycles. The highest BCUT2D eigenvalue weighted by Crippen LogP contribution is 2.31. The molecule has 1 aliphatic rings. The first kappa shape index (κ1) is 16.8. The van der Waals surface area contributed by atoms with Gasteiger partial charge in [0.2, 0.25) is 0 Å². The Hall–Kier alpha value is -3.02. The fraction of sp³-hybridized carbons (Fsp3) is 0.263. The second-order valence-corrected chi connectivity index (χ2v) is 5.88. The van der Waals surface area contributed by atoms with Gasteiger partial charge in [-0.3, -0.25) is 9.59 Å². The molecule has 6 heteroatoms. The number of ether oxygens (including phenoxy) is 2. The van der Waals surface area contributed by atoms with Crippen LogP contribution in [0.15, 0.2) is 36.4 Å². The van der Waals surface area contributed by atoms with Gasteiger partial charge in [0.25, 0.3) is 11.8 Å². The number of rotatable bonds is 6. The van der Waals surface area contributed by atoms with Crippen molar-refractivity contribution in [2.45, 2.75) is 19.3 Å². The second kappa shape index (κ2) is 7.25. The van der Waals surface area contributed by atoms with E-state index in [0.29, 0.717) is 5.75 Å². The molecule has 2 amide bonds. The summed E-state index contributed by atoms with van der Waals surface area (Å²) < 4.78 is 10.7. The van der Waals surface area contributed by atoms with Crippen LogP contribution in [-0.4, -0.2) is 25.5 Å². The molecule has 0 bridgehead atoms. The number of hydrogen-bond acceptors (Lipinski definition) is 4. The largest absolute Gasteiger partial charge is 0.493 e. The Morgan fingerprint density at radius 1 is 1.16 bits per heavy atom. The number of methoxy groups -OCH3 is 1. The van der Waals surface area contributed by atoms with Crippen molar-refractivity contribution in [3.05, 3.63) is 53.1 Å². The third-order valence-corrected chi connectivity index (χ3v) is 4.19. The molecule has 0 fully saturated rings. The molecule has 130 valence electrons. The Morgan fingerprint density at radius 3 is 2.72 bits per heavy atom. The summed E-state index contributed by atoms with van der Waals surface area (Å²) in [5.74, 6) is -0.449. The molecule has 0 spiro atoms. The van der Waals surface area contributed by atoms with Crippen LogP contribution in [0.2, 0.25) is 0 Å². The van der Waals surface area contributed by atoms with Crippen LogP contribution in [-0.2, 0) is 17.6 Å². The Balaban J connectivity index is 1.67. The normalized spacial score (nSPS) is 12.4. The molecule has 0 heterocycles. The van der Waals surface area contributed by atoms with Crippen molar-refractivity contribution in [1.29, 1.82) is 0 Å². The maximum Gasteiger partial charge on any atom is 0.262 e. The van der Waals surface area contributed by atoms with Crippen molar-refractivity contribution in [2.75, 3.05) is 19.0 Å². The van der Waals surface area contributed by atoms with Crippen LogP contribution >= 0.6 is 0 Å². The van der Waals surface area contributed by atoms with Gasteiger partial charge >= 0.3 is 0 Å². The van der Waals surface area contributed by atoms with E-state index in [1.807, 2.05) is 18.2 Å². The summed E-state index contributed by atoms with van der Waals surface area (Å²) in [6.45, 7) is -0.252. The molecule has 0 atom stereocenters. The lowest BCUT2D eigenvalue weighted by Gasteiger charge is -2.13. The number of nitrogens with two attached hydrogens (primary N) is 1. The Bertz CT molecular complexity index is 817. The minimum Gasteiger partial charge on any atom is -0.493 e. The average molecular weight is 340 g/mol. The number of amides is 2. The number of aryl methyl sites for hydroxylation is 2. The third kappa shape index (κ3) is 3.74. The van der Waals surface area contributed by atoms with Crippen molar-refractivity contribution in [3.63, 3.8) is 0 Å². The van der Waals surface area contributed by atoms with Gasteiger partial charge in [0, 0.05) is 5.69 Å². The van der Waals surface area contributed by atoms with Crippen LogP contribution in [0.1, 0.15) is 27.9 Å². The standard InChI is InChI=1S/C19H20N2O4/c1-24-16-7-3-6-15(19(20)23)18(16)25-11-17(22)21-14-9-8-12-4-2-5-13(12)10-14/h3,6-10H,2,4-5,11H2,1H3,(H2,20,23)(H,21,22). The summed E-state index contributed by atoms with van der Waals surface area (Å²) in [7, 11) is 1.46. The fourth-order valence-electron chi connectivity index (χ4n) is 3.00. The Morgan fingerprint density at radius 2 is 1.96 bits per heavy atom. The van der Waals surface area contributed by atoms with E-state index >= 15 is 0 Å². The summed E-state index contributed by atoms with van der Waals surface area (Å²) in [4.78, 5) is 23.7. The fourth-order valence-corrected chi connectivity index (χ4v) is 3.00. The zero-order chi connectivity index (χ0) is 17.8. The van der Waals surface area contributed by atoms with E-state index in [1.54, 1.807) is 12.1 Å². The predicted octanol–water partition coefficient (Wildman–Crippen LogP) is 2.30. The molecule has 0 aromatic heterocycles. The highest BCUT2D eigenvalue weighted by molar-refractivity contribution is 5.97. The van der Waals surface area contributed by atoms with Gasteiger partial charge in [-0.2, -0.15) is 0 Å². The molecule has 25 heavy (non-hydrogen) atoms. The minimum absolute atomic E-state index is 0.168. The number of anilines is 1. The van der Waals surface area contributed by atoms with Gasteiger partial charge < -0.3 is 20.5 Å². The number of fused-ring (bicyclic) bond motifs is 1. The van der Waals surface area contributed by atoms with Gasteiger partial charge in [0.1, 0.15) is 0 Å². The first-order chi connectivity index (χ1) is 12.1. The molecule has 6 nitrogen and oxygen atoms in total. The molecule has 1 aliphatic carbocycles. The molecule has 3 N–H and O–H groups in total.